The number of halogens is 1. The molecule has 3 atom stereocenters. The Kier molecular flexibility index (Phi) is 9.10. The normalized spacial score (nSPS) is 19.8. The summed E-state index contributed by atoms with van der Waals surface area (Å²) < 4.78 is 10.8. The van der Waals surface area contributed by atoms with Crippen LogP contribution in [0.3, 0.4) is 0 Å². The van der Waals surface area contributed by atoms with Crippen molar-refractivity contribution in [1.29, 1.82) is 0 Å². The Labute approximate surface area is 95.1 Å². The van der Waals surface area contributed by atoms with E-state index in [0.717, 1.165) is 0 Å². The molecule has 62 valence electrons. The standard InChI is InChI=1S/CH3IOS7/c1-6-7-9(4)10(5)8(2)3/h1H3. The maximum Gasteiger partial charge on any atom is 0.158 e. The van der Waals surface area contributed by atoms with Gasteiger partial charge in [0, 0.05) is 28.7 Å². The Balaban J connectivity index is 3.96. The van der Waals surface area contributed by atoms with E-state index >= 15 is 0 Å². The highest BCUT2D eigenvalue weighted by molar-refractivity contribution is 14.2. The molecule has 0 aromatic carbocycles. The van der Waals surface area contributed by atoms with E-state index in [9.17, 15) is 4.21 Å². The Bertz CT molecular complexity index is 174. The second kappa shape index (κ2) is 7.15. The molecule has 0 heterocycles. The highest BCUT2D eigenvalue weighted by atomic mass is 127. The zero-order chi connectivity index (χ0) is 8.15. The monoisotopic (exact) mass is 382 g/mol. The summed E-state index contributed by atoms with van der Waals surface area (Å²) in [5.74, 6) is 0. The SMILES string of the molecule is CSSS(=S)S(=S)S(=O)I. The molecule has 0 spiro atoms. The second-order valence-electron chi connectivity index (χ2n) is 0.837. The summed E-state index contributed by atoms with van der Waals surface area (Å²) in [6, 6.07) is 0. The fraction of sp³-hybridized carbons (Fsp3) is 1.00. The summed E-state index contributed by atoms with van der Waals surface area (Å²) in [5, 5.41) is 0. The van der Waals surface area contributed by atoms with Gasteiger partial charge in [-0.3, -0.25) is 0 Å². The molecule has 0 radical (unpaired) electrons. The lowest BCUT2D eigenvalue weighted by atomic mass is 12.0. The molecule has 1 nitrogen and oxygen atoms in total. The lowest BCUT2D eigenvalue weighted by Crippen LogP contribution is -1.92. The molecule has 0 N–H and O–H groups in total. The fourth-order valence-electron chi connectivity index (χ4n) is 0.122. The van der Waals surface area contributed by atoms with Crippen molar-refractivity contribution in [3.05, 3.63) is 0 Å². The van der Waals surface area contributed by atoms with Crippen molar-refractivity contribution in [3.8, 4) is 0 Å². The van der Waals surface area contributed by atoms with Crippen LogP contribution in [0.5, 0.6) is 0 Å². The maximum atomic E-state index is 10.8. The third kappa shape index (κ3) is 5.38. The highest BCUT2D eigenvalue weighted by Gasteiger charge is 2.06. The summed E-state index contributed by atoms with van der Waals surface area (Å²) in [6.07, 6.45) is 1.94. The predicted octanol–water partition coefficient (Wildman–Crippen LogP) is 2.00. The van der Waals surface area contributed by atoms with E-state index in [1.54, 1.807) is 10.8 Å². The van der Waals surface area contributed by atoms with E-state index in [0.29, 0.717) is 0 Å². The van der Waals surface area contributed by atoms with Gasteiger partial charge >= 0.3 is 0 Å². The molecule has 0 aliphatic heterocycles. The predicted molar refractivity (Wildman–Crippen MR) is 72.7 cm³/mol. The van der Waals surface area contributed by atoms with Gasteiger partial charge < -0.3 is 0 Å². The van der Waals surface area contributed by atoms with Crippen LogP contribution in [-0.2, 0) is 44.4 Å². The van der Waals surface area contributed by atoms with E-state index in [1.165, 1.54) is 9.83 Å². The van der Waals surface area contributed by atoms with Gasteiger partial charge in [0.05, 0.1) is 7.52 Å². The molecule has 0 fully saturated rings. The van der Waals surface area contributed by atoms with Crippen LogP contribution in [0.25, 0.3) is 0 Å². The first-order valence-electron chi connectivity index (χ1n) is 1.73. The largest absolute Gasteiger partial charge is 0.236 e. The Morgan fingerprint density at radius 1 is 1.50 bits per heavy atom. The van der Waals surface area contributed by atoms with E-state index in [2.05, 4.69) is 0 Å². The van der Waals surface area contributed by atoms with Crippen LogP contribution in [0, 0.1) is 0 Å². The van der Waals surface area contributed by atoms with Crippen molar-refractivity contribution in [1.82, 2.24) is 0 Å². The third-order valence-corrected chi connectivity index (χ3v) is 26.2. The van der Waals surface area contributed by atoms with Crippen LogP contribution < -0.4 is 0 Å². The fourth-order valence-corrected chi connectivity index (χ4v) is 23.3. The van der Waals surface area contributed by atoms with Gasteiger partial charge in [0.1, 0.15) is 0 Å². The van der Waals surface area contributed by atoms with E-state index in [4.69, 9.17) is 22.4 Å². The summed E-state index contributed by atoms with van der Waals surface area (Å²) in [5.41, 5.74) is 0. The molecular formula is CH3IOS7. The lowest BCUT2D eigenvalue weighted by Gasteiger charge is -1.98. The van der Waals surface area contributed by atoms with Gasteiger partial charge in [0.2, 0.25) is 0 Å². The van der Waals surface area contributed by atoms with Crippen LogP contribution in [-0.4, -0.2) is 10.5 Å². The number of rotatable bonds is 4. The van der Waals surface area contributed by atoms with Gasteiger partial charge in [-0.05, 0) is 38.5 Å². The number of hydrogen-bond acceptors (Lipinski definition) is 5. The zero-order valence-electron chi connectivity index (χ0n) is 4.64. The van der Waals surface area contributed by atoms with Crippen LogP contribution in [0.4, 0.5) is 0 Å². The zero-order valence-corrected chi connectivity index (χ0v) is 12.5. The van der Waals surface area contributed by atoms with Crippen LogP contribution >= 0.6 is 41.8 Å². The van der Waals surface area contributed by atoms with Crippen molar-refractivity contribution >= 4 is 86.2 Å². The molecule has 0 aliphatic rings. The topological polar surface area (TPSA) is 17.1 Å². The van der Waals surface area contributed by atoms with Crippen LogP contribution in [0.2, 0.25) is 0 Å². The van der Waals surface area contributed by atoms with Gasteiger partial charge in [0.15, 0.2) is 7.00 Å². The first kappa shape index (κ1) is 12.7. The minimum absolute atomic E-state index is 0.347. The molecule has 0 aromatic rings. The Morgan fingerprint density at radius 2 is 2.00 bits per heavy atom. The molecule has 10 heavy (non-hydrogen) atoms. The summed E-state index contributed by atoms with van der Waals surface area (Å²) >= 11 is 11.8. The molecule has 0 amide bonds. The van der Waals surface area contributed by atoms with Crippen molar-refractivity contribution in [3.63, 3.8) is 0 Å². The van der Waals surface area contributed by atoms with Crippen LogP contribution in [0.15, 0.2) is 0 Å². The average molecular weight is 382 g/mol. The first-order chi connectivity index (χ1) is 4.59. The highest BCUT2D eigenvalue weighted by Crippen LogP contribution is 2.27. The summed E-state index contributed by atoms with van der Waals surface area (Å²) in [7, 11) is 1.28. The maximum absolute atomic E-state index is 10.8. The minimum Gasteiger partial charge on any atom is -0.236 e. The second-order valence-corrected chi connectivity index (χ2v) is 20.0. The summed E-state index contributed by atoms with van der Waals surface area (Å²) in [4.78, 5) is 0. The summed E-state index contributed by atoms with van der Waals surface area (Å²) in [6.45, 7) is 0. The molecule has 0 saturated heterocycles. The number of hydrogen-bond donors (Lipinski definition) is 0. The Morgan fingerprint density at radius 3 is 2.30 bits per heavy atom. The van der Waals surface area contributed by atoms with Gasteiger partial charge in [-0.2, -0.15) is 0 Å². The first-order valence-corrected chi connectivity index (χ1v) is 13.8. The van der Waals surface area contributed by atoms with E-state index in [1.807, 2.05) is 27.5 Å². The van der Waals surface area contributed by atoms with E-state index < -0.39 is 14.5 Å². The third-order valence-electron chi connectivity index (χ3n) is 0.342. The smallest absolute Gasteiger partial charge is 0.158 e. The molecule has 0 rings (SSSR count). The van der Waals surface area contributed by atoms with Gasteiger partial charge in [-0.1, -0.05) is 10.8 Å². The molecule has 9 heteroatoms. The Hall–Kier alpha value is 2.72. The van der Waals surface area contributed by atoms with Crippen molar-refractivity contribution in [2.75, 3.05) is 6.26 Å². The van der Waals surface area contributed by atoms with Gasteiger partial charge in [-0.15, -0.1) is 0 Å². The van der Waals surface area contributed by atoms with Crippen molar-refractivity contribution in [2.24, 2.45) is 0 Å². The lowest BCUT2D eigenvalue weighted by molar-refractivity contribution is 0.700. The average Bonchev–Trinajstić information content (AvgIpc) is 1.87. The van der Waals surface area contributed by atoms with Crippen molar-refractivity contribution < 1.29 is 4.21 Å². The quantitative estimate of drug-likeness (QED) is 0.419. The molecule has 0 bridgehead atoms. The molecule has 3 unspecified atom stereocenters. The van der Waals surface area contributed by atoms with Crippen LogP contribution in [0.1, 0.15) is 0 Å². The molecule has 0 aliphatic carbocycles. The van der Waals surface area contributed by atoms with Gasteiger partial charge in [-0.25, -0.2) is 4.21 Å². The molecule has 0 aromatic heterocycles. The van der Waals surface area contributed by atoms with Gasteiger partial charge in [0.25, 0.3) is 0 Å². The molecule has 0 saturated carbocycles. The van der Waals surface area contributed by atoms with E-state index in [-0.39, 0.29) is 7.52 Å². The van der Waals surface area contributed by atoms with Crippen molar-refractivity contribution in [2.45, 2.75) is 0 Å². The minimum atomic E-state index is -0.955. The molecular weight excluding hydrogens is 379 g/mol.